The van der Waals surface area contributed by atoms with Gasteiger partial charge in [-0.05, 0) is 49.6 Å². The van der Waals surface area contributed by atoms with Crippen molar-refractivity contribution in [3.8, 4) is 5.75 Å². The number of rotatable bonds is 2. The Hall–Kier alpha value is -1.07. The van der Waals surface area contributed by atoms with Crippen LogP contribution in [0.4, 0.5) is 0 Å². The van der Waals surface area contributed by atoms with Crippen molar-refractivity contribution in [3.05, 3.63) is 23.3 Å². The van der Waals surface area contributed by atoms with Gasteiger partial charge in [-0.3, -0.25) is 0 Å². The van der Waals surface area contributed by atoms with Crippen LogP contribution in [0.25, 0.3) is 0 Å². The normalized spacial score (nSPS) is 20.7. The lowest BCUT2D eigenvalue weighted by Gasteiger charge is -2.16. The van der Waals surface area contributed by atoms with Crippen LogP contribution in [0.2, 0.25) is 0 Å². The van der Waals surface area contributed by atoms with Crippen LogP contribution in [-0.2, 0) is 9.84 Å². The molecule has 94 valence electrons. The molecule has 17 heavy (non-hydrogen) atoms. The average molecular weight is 255 g/mol. The molecule has 0 saturated carbocycles. The molecule has 2 rings (SSSR count). The zero-order valence-electron chi connectivity index (χ0n) is 10.0. The maximum absolute atomic E-state index is 11.8. The number of nitrogens with one attached hydrogen (secondary N) is 1. The fourth-order valence-corrected chi connectivity index (χ4v) is 3.25. The van der Waals surface area contributed by atoms with Crippen molar-refractivity contribution < 1.29 is 13.5 Å². The molecule has 0 bridgehead atoms. The third kappa shape index (κ3) is 2.45. The zero-order chi connectivity index (χ0) is 12.6. The molecule has 1 aliphatic heterocycles. The summed E-state index contributed by atoms with van der Waals surface area (Å²) in [5.74, 6) is 0.154. The molecule has 1 atom stereocenters. The molecule has 0 radical (unpaired) electrons. The first-order valence-corrected chi connectivity index (χ1v) is 7.55. The van der Waals surface area contributed by atoms with E-state index in [1.807, 2.05) is 0 Å². The summed E-state index contributed by atoms with van der Waals surface area (Å²) >= 11 is 0. The lowest BCUT2D eigenvalue weighted by atomic mass is 10.0. The van der Waals surface area contributed by atoms with Gasteiger partial charge in [-0.15, -0.1) is 0 Å². The largest absolute Gasteiger partial charge is 0.508 e. The Balaban J connectivity index is 2.59. The number of phenolic OH excluding ortho intramolecular Hbond substituents is 1. The van der Waals surface area contributed by atoms with E-state index in [-0.39, 0.29) is 11.8 Å². The molecule has 1 aromatic rings. The second kappa shape index (κ2) is 4.31. The lowest BCUT2D eigenvalue weighted by molar-refractivity contribution is 0.467. The van der Waals surface area contributed by atoms with E-state index in [0.29, 0.717) is 16.0 Å². The van der Waals surface area contributed by atoms with Gasteiger partial charge in [0.15, 0.2) is 9.84 Å². The van der Waals surface area contributed by atoms with Crippen LogP contribution < -0.4 is 5.32 Å². The van der Waals surface area contributed by atoms with Crippen molar-refractivity contribution in [3.63, 3.8) is 0 Å². The van der Waals surface area contributed by atoms with Gasteiger partial charge in [-0.1, -0.05) is 0 Å². The second-order valence-electron chi connectivity index (χ2n) is 4.60. The third-order valence-electron chi connectivity index (χ3n) is 3.16. The van der Waals surface area contributed by atoms with E-state index in [2.05, 4.69) is 5.32 Å². The summed E-state index contributed by atoms with van der Waals surface area (Å²) in [6.45, 7) is 2.60. The predicted octanol–water partition coefficient (Wildman–Crippen LogP) is 1.53. The highest BCUT2D eigenvalue weighted by atomic mass is 32.2. The molecule has 1 fully saturated rings. The van der Waals surface area contributed by atoms with Crippen molar-refractivity contribution in [2.45, 2.75) is 30.7 Å². The van der Waals surface area contributed by atoms with Crippen LogP contribution in [0.5, 0.6) is 5.75 Å². The van der Waals surface area contributed by atoms with E-state index in [1.165, 1.54) is 6.26 Å². The molecule has 1 aromatic carbocycles. The molecule has 1 saturated heterocycles. The van der Waals surface area contributed by atoms with Gasteiger partial charge in [-0.2, -0.15) is 0 Å². The molecule has 2 N–H and O–H groups in total. The summed E-state index contributed by atoms with van der Waals surface area (Å²) in [4.78, 5) is 0.326. The van der Waals surface area contributed by atoms with Crippen LogP contribution in [0.1, 0.15) is 30.0 Å². The molecule has 5 heteroatoms. The SMILES string of the molecule is Cc1cc(S(C)(=O)=O)c(C2CCCN2)cc1O. The van der Waals surface area contributed by atoms with Gasteiger partial charge in [0.1, 0.15) is 5.75 Å². The van der Waals surface area contributed by atoms with Crippen LogP contribution >= 0.6 is 0 Å². The number of sulfone groups is 1. The number of benzene rings is 1. The zero-order valence-corrected chi connectivity index (χ0v) is 10.8. The first-order valence-electron chi connectivity index (χ1n) is 5.66. The van der Waals surface area contributed by atoms with E-state index in [4.69, 9.17) is 0 Å². The van der Waals surface area contributed by atoms with Crippen molar-refractivity contribution in [1.82, 2.24) is 5.32 Å². The van der Waals surface area contributed by atoms with E-state index < -0.39 is 9.84 Å². The van der Waals surface area contributed by atoms with Gasteiger partial charge >= 0.3 is 0 Å². The average Bonchev–Trinajstić information content (AvgIpc) is 2.73. The Bertz CT molecular complexity index is 531. The molecular weight excluding hydrogens is 238 g/mol. The summed E-state index contributed by atoms with van der Waals surface area (Å²) in [6.07, 6.45) is 3.14. The summed E-state index contributed by atoms with van der Waals surface area (Å²) in [6, 6.07) is 3.17. The smallest absolute Gasteiger partial charge is 0.175 e. The van der Waals surface area contributed by atoms with E-state index in [1.54, 1.807) is 19.1 Å². The summed E-state index contributed by atoms with van der Waals surface area (Å²) < 4.78 is 23.5. The quantitative estimate of drug-likeness (QED) is 0.841. The number of hydrogen-bond acceptors (Lipinski definition) is 4. The van der Waals surface area contributed by atoms with Crippen molar-refractivity contribution in [2.75, 3.05) is 12.8 Å². The van der Waals surface area contributed by atoms with Crippen LogP contribution in [0, 0.1) is 6.92 Å². The molecule has 1 aliphatic rings. The number of aryl methyl sites for hydroxylation is 1. The van der Waals surface area contributed by atoms with Crippen molar-refractivity contribution in [1.29, 1.82) is 0 Å². The van der Waals surface area contributed by atoms with Gasteiger partial charge in [0.25, 0.3) is 0 Å². The maximum atomic E-state index is 11.8. The standard InChI is InChI=1S/C12H17NO3S/c1-8-6-12(17(2,15)16)9(7-11(8)14)10-4-3-5-13-10/h6-7,10,13-14H,3-5H2,1-2H3. The summed E-state index contributed by atoms with van der Waals surface area (Å²) in [5, 5.41) is 13.0. The molecule has 4 nitrogen and oxygen atoms in total. The first kappa shape index (κ1) is 12.4. The molecule has 1 unspecified atom stereocenters. The molecule has 1 heterocycles. The second-order valence-corrected chi connectivity index (χ2v) is 6.58. The van der Waals surface area contributed by atoms with Gasteiger partial charge in [0.2, 0.25) is 0 Å². The number of aromatic hydroxyl groups is 1. The fraction of sp³-hybridized carbons (Fsp3) is 0.500. The number of phenols is 1. The van der Waals surface area contributed by atoms with Gasteiger partial charge in [-0.25, -0.2) is 8.42 Å². The topological polar surface area (TPSA) is 66.4 Å². The Labute approximate surface area is 102 Å². The van der Waals surface area contributed by atoms with Gasteiger partial charge in [0.05, 0.1) is 4.90 Å². The first-order chi connectivity index (χ1) is 7.89. The highest BCUT2D eigenvalue weighted by molar-refractivity contribution is 7.90. The Kier molecular flexibility index (Phi) is 3.14. The third-order valence-corrected chi connectivity index (χ3v) is 4.32. The van der Waals surface area contributed by atoms with Crippen molar-refractivity contribution in [2.24, 2.45) is 0 Å². The van der Waals surface area contributed by atoms with Crippen LogP contribution in [-0.4, -0.2) is 26.3 Å². The van der Waals surface area contributed by atoms with E-state index in [9.17, 15) is 13.5 Å². The van der Waals surface area contributed by atoms with Gasteiger partial charge in [0, 0.05) is 12.3 Å². The monoisotopic (exact) mass is 255 g/mol. The molecule has 0 amide bonds. The predicted molar refractivity (Wildman–Crippen MR) is 65.9 cm³/mol. The Morgan fingerprint density at radius 3 is 2.65 bits per heavy atom. The van der Waals surface area contributed by atoms with Gasteiger partial charge < -0.3 is 10.4 Å². The Morgan fingerprint density at radius 1 is 1.41 bits per heavy atom. The minimum Gasteiger partial charge on any atom is -0.508 e. The molecule has 0 spiro atoms. The highest BCUT2D eigenvalue weighted by Gasteiger charge is 2.24. The van der Waals surface area contributed by atoms with Crippen LogP contribution in [0.3, 0.4) is 0 Å². The molecule has 0 aliphatic carbocycles. The van der Waals surface area contributed by atoms with E-state index in [0.717, 1.165) is 19.4 Å². The minimum absolute atomic E-state index is 0.0335. The lowest BCUT2D eigenvalue weighted by Crippen LogP contribution is -2.16. The highest BCUT2D eigenvalue weighted by Crippen LogP contribution is 2.33. The fourth-order valence-electron chi connectivity index (χ4n) is 2.23. The number of hydrogen-bond donors (Lipinski definition) is 2. The summed E-state index contributed by atoms with van der Waals surface area (Å²) in [7, 11) is -3.26. The molecular formula is C12H17NO3S. The van der Waals surface area contributed by atoms with Crippen molar-refractivity contribution >= 4 is 9.84 Å². The maximum Gasteiger partial charge on any atom is 0.175 e. The minimum atomic E-state index is -3.26. The Morgan fingerprint density at radius 2 is 2.12 bits per heavy atom. The molecule has 0 aromatic heterocycles. The summed E-state index contributed by atoms with van der Waals surface area (Å²) in [5.41, 5.74) is 1.28. The van der Waals surface area contributed by atoms with E-state index >= 15 is 0 Å². The van der Waals surface area contributed by atoms with Crippen LogP contribution in [0.15, 0.2) is 17.0 Å².